The van der Waals surface area contributed by atoms with Gasteiger partial charge in [-0.25, -0.2) is 0 Å². The van der Waals surface area contributed by atoms with Gasteiger partial charge in [0.05, 0.1) is 16.8 Å². The molecule has 0 spiro atoms. The lowest BCUT2D eigenvalue weighted by Gasteiger charge is -2.31. The molecular weight excluding hydrogens is 288 g/mol. The average molecular weight is 311 g/mol. The zero-order chi connectivity index (χ0) is 15.4. The second-order valence-corrected chi connectivity index (χ2v) is 6.40. The van der Waals surface area contributed by atoms with E-state index < -0.39 is 0 Å². The summed E-state index contributed by atoms with van der Waals surface area (Å²) in [7, 11) is 0. The summed E-state index contributed by atoms with van der Waals surface area (Å²) in [6.45, 7) is 4.57. The van der Waals surface area contributed by atoms with E-state index in [0.717, 1.165) is 25.2 Å². The van der Waals surface area contributed by atoms with Gasteiger partial charge in [-0.1, -0.05) is 25.4 Å². The lowest BCUT2D eigenvalue weighted by molar-refractivity contribution is -0.123. The Morgan fingerprint density at radius 2 is 2.14 bits per heavy atom. The molecule has 116 valence electrons. The van der Waals surface area contributed by atoms with Crippen molar-refractivity contribution in [3.05, 3.63) is 23.2 Å². The number of halogens is 1. The van der Waals surface area contributed by atoms with E-state index in [4.69, 9.17) is 22.1 Å². The van der Waals surface area contributed by atoms with Crippen LogP contribution >= 0.6 is 11.6 Å². The fourth-order valence-electron chi connectivity index (χ4n) is 2.67. The number of carbonyl (C=O) groups excluding carboxylic acids is 1. The number of anilines is 2. The molecule has 1 fully saturated rings. The zero-order valence-electron chi connectivity index (χ0n) is 12.6. The first-order chi connectivity index (χ1) is 9.95. The van der Waals surface area contributed by atoms with Crippen LogP contribution in [0.2, 0.25) is 5.02 Å². The van der Waals surface area contributed by atoms with Crippen LogP contribution < -0.4 is 11.1 Å². The molecule has 0 saturated heterocycles. The minimum atomic E-state index is -0.200. The monoisotopic (exact) mass is 310 g/mol. The Labute approximate surface area is 131 Å². The van der Waals surface area contributed by atoms with Gasteiger partial charge in [-0.15, -0.1) is 0 Å². The van der Waals surface area contributed by atoms with E-state index in [1.807, 2.05) is 0 Å². The normalized spacial score (nSPS) is 25.6. The summed E-state index contributed by atoms with van der Waals surface area (Å²) in [5.41, 5.74) is 6.77. The van der Waals surface area contributed by atoms with Gasteiger partial charge in [-0.3, -0.25) is 4.79 Å². The molecule has 0 bridgehead atoms. The second kappa shape index (κ2) is 7.14. The first-order valence-corrected chi connectivity index (χ1v) is 7.80. The number of nitrogens with two attached hydrogens (primary N) is 1. The fourth-order valence-corrected chi connectivity index (χ4v) is 2.83. The molecule has 5 heteroatoms. The van der Waals surface area contributed by atoms with Crippen molar-refractivity contribution in [3.8, 4) is 0 Å². The van der Waals surface area contributed by atoms with E-state index in [1.165, 1.54) is 0 Å². The maximum absolute atomic E-state index is 11.9. The Balaban J connectivity index is 1.81. The molecule has 0 radical (unpaired) electrons. The first kappa shape index (κ1) is 16.1. The molecule has 2 rings (SSSR count). The fraction of sp³-hybridized carbons (Fsp3) is 0.562. The van der Waals surface area contributed by atoms with Crippen LogP contribution in [0.5, 0.6) is 0 Å². The quantitative estimate of drug-likeness (QED) is 0.833. The summed E-state index contributed by atoms with van der Waals surface area (Å²) in [5.74, 6) is 1.19. The summed E-state index contributed by atoms with van der Waals surface area (Å²) in [6.07, 6.45) is 3.39. The van der Waals surface area contributed by atoms with E-state index in [1.54, 1.807) is 18.2 Å². The van der Waals surface area contributed by atoms with Gasteiger partial charge in [0.2, 0.25) is 5.91 Å². The number of benzene rings is 1. The van der Waals surface area contributed by atoms with Crippen molar-refractivity contribution < 1.29 is 9.53 Å². The van der Waals surface area contributed by atoms with E-state index in [-0.39, 0.29) is 18.6 Å². The number of hydrogen-bond donors (Lipinski definition) is 2. The zero-order valence-corrected chi connectivity index (χ0v) is 13.3. The van der Waals surface area contributed by atoms with Crippen molar-refractivity contribution >= 4 is 28.9 Å². The predicted octanol–water partition coefficient (Wildman–Crippen LogP) is 3.70. The molecule has 1 saturated carbocycles. The van der Waals surface area contributed by atoms with Crippen LogP contribution in [0.1, 0.15) is 33.1 Å². The summed E-state index contributed by atoms with van der Waals surface area (Å²) in [6, 6.07) is 5.00. The van der Waals surface area contributed by atoms with Crippen molar-refractivity contribution in [1.29, 1.82) is 0 Å². The molecule has 4 nitrogen and oxygen atoms in total. The van der Waals surface area contributed by atoms with Crippen molar-refractivity contribution in [2.75, 3.05) is 17.7 Å². The number of ether oxygens (including phenoxy) is 1. The molecule has 21 heavy (non-hydrogen) atoms. The summed E-state index contributed by atoms with van der Waals surface area (Å²) >= 11 is 6.01. The third-order valence-electron chi connectivity index (χ3n) is 4.26. The van der Waals surface area contributed by atoms with Crippen LogP contribution in [-0.2, 0) is 9.53 Å². The van der Waals surface area contributed by atoms with Crippen molar-refractivity contribution in [3.63, 3.8) is 0 Å². The van der Waals surface area contributed by atoms with Gasteiger partial charge in [0.15, 0.2) is 0 Å². The molecule has 0 aliphatic heterocycles. The molecule has 3 N–H and O–H groups in total. The van der Waals surface area contributed by atoms with E-state index >= 15 is 0 Å². The van der Waals surface area contributed by atoms with Crippen molar-refractivity contribution in [2.24, 2.45) is 11.8 Å². The van der Waals surface area contributed by atoms with Crippen LogP contribution in [0.3, 0.4) is 0 Å². The molecule has 1 aromatic rings. The third-order valence-corrected chi connectivity index (χ3v) is 4.59. The molecule has 1 aliphatic rings. The molecule has 1 amide bonds. The van der Waals surface area contributed by atoms with Crippen LogP contribution in [0, 0.1) is 11.8 Å². The Morgan fingerprint density at radius 1 is 1.38 bits per heavy atom. The minimum Gasteiger partial charge on any atom is -0.399 e. The Morgan fingerprint density at radius 3 is 2.86 bits per heavy atom. The number of nitrogens with one attached hydrogen (secondary N) is 1. The second-order valence-electron chi connectivity index (χ2n) is 5.99. The topological polar surface area (TPSA) is 64.3 Å². The van der Waals surface area contributed by atoms with Gasteiger partial charge in [-0.2, -0.15) is 0 Å². The van der Waals surface area contributed by atoms with Gasteiger partial charge in [-0.05, 0) is 49.3 Å². The van der Waals surface area contributed by atoms with Gasteiger partial charge < -0.3 is 15.8 Å². The maximum atomic E-state index is 11.9. The van der Waals surface area contributed by atoms with Crippen molar-refractivity contribution in [2.45, 2.75) is 39.2 Å². The highest BCUT2D eigenvalue weighted by Gasteiger charge is 2.25. The number of carbonyl (C=O) groups is 1. The number of rotatable bonds is 4. The Hall–Kier alpha value is -1.26. The molecule has 1 aromatic carbocycles. The summed E-state index contributed by atoms with van der Waals surface area (Å²) in [4.78, 5) is 11.9. The lowest BCUT2D eigenvalue weighted by atomic mass is 9.80. The van der Waals surface area contributed by atoms with Crippen molar-refractivity contribution in [1.82, 2.24) is 0 Å². The first-order valence-electron chi connectivity index (χ1n) is 7.42. The number of amides is 1. The predicted molar refractivity (Wildman–Crippen MR) is 86.4 cm³/mol. The van der Waals surface area contributed by atoms with Gasteiger partial charge in [0.1, 0.15) is 6.61 Å². The van der Waals surface area contributed by atoms with Crippen LogP contribution in [0.25, 0.3) is 0 Å². The van der Waals surface area contributed by atoms with E-state index in [0.29, 0.717) is 22.3 Å². The van der Waals surface area contributed by atoms with E-state index in [9.17, 15) is 4.79 Å². The van der Waals surface area contributed by atoms with Crippen LogP contribution in [-0.4, -0.2) is 18.6 Å². The molecular formula is C16H23ClN2O2. The molecule has 3 atom stereocenters. The minimum absolute atomic E-state index is 0.0525. The van der Waals surface area contributed by atoms with Gasteiger partial charge >= 0.3 is 0 Å². The van der Waals surface area contributed by atoms with Crippen LogP contribution in [0.15, 0.2) is 18.2 Å². The summed E-state index contributed by atoms with van der Waals surface area (Å²) < 4.78 is 5.72. The van der Waals surface area contributed by atoms with E-state index in [2.05, 4.69) is 19.2 Å². The Kier molecular flexibility index (Phi) is 5.48. The SMILES string of the molecule is CC1CCC(OCC(=O)Nc2cc(N)ccc2Cl)CC1C. The van der Waals surface area contributed by atoms with Crippen LogP contribution in [0.4, 0.5) is 11.4 Å². The Bertz CT molecular complexity index is 507. The molecule has 0 heterocycles. The molecule has 0 aromatic heterocycles. The largest absolute Gasteiger partial charge is 0.399 e. The molecule has 1 aliphatic carbocycles. The molecule has 3 unspecified atom stereocenters. The highest BCUT2D eigenvalue weighted by Crippen LogP contribution is 2.31. The smallest absolute Gasteiger partial charge is 0.250 e. The standard InChI is InChI=1S/C16H23ClN2O2/c1-10-3-5-13(7-11(10)2)21-9-16(20)19-15-8-12(18)4-6-14(15)17/h4,6,8,10-11,13H,3,5,7,9,18H2,1-2H3,(H,19,20). The highest BCUT2D eigenvalue weighted by molar-refractivity contribution is 6.33. The number of hydrogen-bond acceptors (Lipinski definition) is 3. The number of nitrogen functional groups attached to an aromatic ring is 1. The maximum Gasteiger partial charge on any atom is 0.250 e. The average Bonchev–Trinajstić information content (AvgIpc) is 2.44. The third kappa shape index (κ3) is 4.61. The van der Waals surface area contributed by atoms with Gasteiger partial charge in [0.25, 0.3) is 0 Å². The van der Waals surface area contributed by atoms with Gasteiger partial charge in [0, 0.05) is 5.69 Å². The highest BCUT2D eigenvalue weighted by atomic mass is 35.5. The summed E-state index contributed by atoms with van der Waals surface area (Å²) in [5, 5.41) is 3.20. The lowest BCUT2D eigenvalue weighted by Crippen LogP contribution is -2.30.